The lowest BCUT2D eigenvalue weighted by atomic mass is 10.1. The monoisotopic (exact) mass is 410 g/mol. The summed E-state index contributed by atoms with van der Waals surface area (Å²) in [6.07, 6.45) is 0. The van der Waals surface area contributed by atoms with Crippen molar-refractivity contribution in [1.29, 1.82) is 0 Å². The van der Waals surface area contributed by atoms with Crippen LogP contribution < -0.4 is 15.5 Å². The van der Waals surface area contributed by atoms with Gasteiger partial charge in [-0.3, -0.25) is 14.5 Å². The van der Waals surface area contributed by atoms with Crippen LogP contribution in [0, 0.1) is 6.92 Å². The molecule has 0 saturated carbocycles. The van der Waals surface area contributed by atoms with E-state index in [4.69, 9.17) is 0 Å². The van der Waals surface area contributed by atoms with Gasteiger partial charge in [0, 0.05) is 44.5 Å². The van der Waals surface area contributed by atoms with Crippen molar-refractivity contribution >= 4 is 34.8 Å². The summed E-state index contributed by atoms with van der Waals surface area (Å²) in [5.41, 5.74) is 3.08. The molecule has 1 fully saturated rings. The van der Waals surface area contributed by atoms with Crippen LogP contribution in [0.1, 0.15) is 22.8 Å². The van der Waals surface area contributed by atoms with Crippen molar-refractivity contribution in [3.63, 3.8) is 0 Å². The van der Waals surface area contributed by atoms with Crippen LogP contribution >= 0.6 is 0 Å². The molecule has 0 aromatic heterocycles. The van der Waals surface area contributed by atoms with Gasteiger partial charge in [-0.05, 0) is 42.8 Å². The smallest absolute Gasteiger partial charge is 0.337 e. The van der Waals surface area contributed by atoms with Gasteiger partial charge in [0.2, 0.25) is 11.8 Å². The molecule has 0 atom stereocenters. The molecule has 1 aliphatic rings. The minimum absolute atomic E-state index is 0.0695. The van der Waals surface area contributed by atoms with E-state index in [1.165, 1.54) is 13.0 Å². The standard InChI is InChI=1S/C22H26N4O4/c1-15-4-3-5-17(12-15)24-21(28)14-25-8-10-26(11-9-25)20-7-6-18(23-16(2)27)13-19(20)22(29)30/h3-7,12-13H,8-11,14H2,1-2H3,(H,23,27)(H,24,28)(H,29,30). The van der Waals surface area contributed by atoms with Gasteiger partial charge in [0.25, 0.3) is 0 Å². The van der Waals surface area contributed by atoms with Gasteiger partial charge in [-0.1, -0.05) is 12.1 Å². The molecule has 2 aromatic rings. The number of hydrogen-bond donors (Lipinski definition) is 3. The Kier molecular flexibility index (Phi) is 6.68. The molecule has 3 rings (SSSR count). The molecular weight excluding hydrogens is 384 g/mol. The van der Waals surface area contributed by atoms with Gasteiger partial charge in [0.05, 0.1) is 17.8 Å². The molecule has 2 aromatic carbocycles. The highest BCUT2D eigenvalue weighted by molar-refractivity contribution is 5.98. The molecular formula is C22H26N4O4. The molecule has 3 N–H and O–H groups in total. The maximum atomic E-state index is 12.3. The average molecular weight is 410 g/mol. The van der Waals surface area contributed by atoms with Crippen LogP contribution in [0.3, 0.4) is 0 Å². The van der Waals surface area contributed by atoms with Crippen molar-refractivity contribution in [2.24, 2.45) is 0 Å². The van der Waals surface area contributed by atoms with Crippen LogP contribution in [0.4, 0.5) is 17.1 Å². The number of amides is 2. The number of benzene rings is 2. The first kappa shape index (κ1) is 21.3. The van der Waals surface area contributed by atoms with Gasteiger partial charge in [-0.25, -0.2) is 4.79 Å². The molecule has 1 aliphatic heterocycles. The molecule has 30 heavy (non-hydrogen) atoms. The van der Waals surface area contributed by atoms with Crippen LogP contribution in [0.2, 0.25) is 0 Å². The minimum atomic E-state index is -1.04. The van der Waals surface area contributed by atoms with E-state index in [9.17, 15) is 19.5 Å². The van der Waals surface area contributed by atoms with E-state index < -0.39 is 5.97 Å². The van der Waals surface area contributed by atoms with E-state index in [-0.39, 0.29) is 23.9 Å². The topological polar surface area (TPSA) is 102 Å². The molecule has 1 saturated heterocycles. The number of carboxylic acid groups (broad SMARTS) is 1. The maximum Gasteiger partial charge on any atom is 0.337 e. The number of piperazine rings is 1. The molecule has 8 nitrogen and oxygen atoms in total. The second kappa shape index (κ2) is 9.41. The fourth-order valence-corrected chi connectivity index (χ4v) is 3.54. The number of nitrogens with one attached hydrogen (secondary N) is 2. The first-order chi connectivity index (χ1) is 14.3. The SMILES string of the molecule is CC(=O)Nc1ccc(N2CCN(CC(=O)Nc3cccc(C)c3)CC2)c(C(=O)O)c1. The van der Waals surface area contributed by atoms with Crippen LogP contribution in [0.5, 0.6) is 0 Å². The predicted octanol–water partition coefficient (Wildman–Crippen LogP) is 2.41. The van der Waals surface area contributed by atoms with Gasteiger partial charge in [-0.15, -0.1) is 0 Å². The van der Waals surface area contributed by atoms with E-state index in [1.54, 1.807) is 12.1 Å². The second-order valence-electron chi connectivity index (χ2n) is 7.40. The summed E-state index contributed by atoms with van der Waals surface area (Å²) in [5, 5.41) is 15.1. The number of carbonyl (C=O) groups excluding carboxylic acids is 2. The highest BCUT2D eigenvalue weighted by atomic mass is 16.4. The number of aryl methyl sites for hydroxylation is 1. The van der Waals surface area contributed by atoms with Crippen molar-refractivity contribution in [3.05, 3.63) is 53.6 Å². The third-order valence-electron chi connectivity index (χ3n) is 4.93. The second-order valence-corrected chi connectivity index (χ2v) is 7.40. The number of anilines is 3. The highest BCUT2D eigenvalue weighted by Crippen LogP contribution is 2.26. The van der Waals surface area contributed by atoms with Crippen LogP contribution in [-0.4, -0.2) is 60.5 Å². The fourth-order valence-electron chi connectivity index (χ4n) is 3.54. The van der Waals surface area contributed by atoms with E-state index in [1.807, 2.05) is 41.0 Å². The Bertz CT molecular complexity index is 952. The lowest BCUT2D eigenvalue weighted by Crippen LogP contribution is -2.49. The molecule has 8 heteroatoms. The molecule has 2 amide bonds. The summed E-state index contributed by atoms with van der Waals surface area (Å²) in [6, 6.07) is 12.6. The van der Waals surface area contributed by atoms with Crippen molar-refractivity contribution in [3.8, 4) is 0 Å². The quantitative estimate of drug-likeness (QED) is 0.676. The van der Waals surface area contributed by atoms with Gasteiger partial charge < -0.3 is 20.6 Å². The third-order valence-corrected chi connectivity index (χ3v) is 4.93. The van der Waals surface area contributed by atoms with Gasteiger partial charge >= 0.3 is 5.97 Å². The summed E-state index contributed by atoms with van der Waals surface area (Å²) in [6.45, 7) is 6.15. The van der Waals surface area contributed by atoms with Gasteiger partial charge in [0.1, 0.15) is 0 Å². The fraction of sp³-hybridized carbons (Fsp3) is 0.318. The first-order valence-corrected chi connectivity index (χ1v) is 9.80. The number of aromatic carboxylic acids is 1. The molecule has 0 radical (unpaired) electrons. The zero-order valence-electron chi connectivity index (χ0n) is 17.1. The number of carboxylic acids is 1. The normalized spacial score (nSPS) is 14.3. The van der Waals surface area contributed by atoms with E-state index in [0.717, 1.165) is 11.3 Å². The van der Waals surface area contributed by atoms with Crippen molar-refractivity contribution < 1.29 is 19.5 Å². The number of nitrogens with zero attached hydrogens (tertiary/aromatic N) is 2. The van der Waals surface area contributed by atoms with E-state index in [2.05, 4.69) is 10.6 Å². The summed E-state index contributed by atoms with van der Waals surface area (Å²) in [5.74, 6) is -1.37. The zero-order chi connectivity index (χ0) is 21.7. The Morgan fingerprint density at radius 3 is 2.30 bits per heavy atom. The highest BCUT2D eigenvalue weighted by Gasteiger charge is 2.23. The Morgan fingerprint density at radius 1 is 0.967 bits per heavy atom. The minimum Gasteiger partial charge on any atom is -0.478 e. The van der Waals surface area contributed by atoms with Crippen LogP contribution in [-0.2, 0) is 9.59 Å². The van der Waals surface area contributed by atoms with Crippen molar-refractivity contribution in [2.75, 3.05) is 48.3 Å². The van der Waals surface area contributed by atoms with E-state index in [0.29, 0.717) is 37.6 Å². The average Bonchev–Trinajstić information content (AvgIpc) is 2.68. The van der Waals surface area contributed by atoms with Crippen LogP contribution in [0.15, 0.2) is 42.5 Å². The predicted molar refractivity (Wildman–Crippen MR) is 116 cm³/mol. The summed E-state index contributed by atoms with van der Waals surface area (Å²) in [4.78, 5) is 39.3. The Labute approximate surface area is 175 Å². The van der Waals surface area contributed by atoms with Gasteiger partial charge in [0.15, 0.2) is 0 Å². The first-order valence-electron chi connectivity index (χ1n) is 9.80. The number of carbonyl (C=O) groups is 3. The Morgan fingerprint density at radius 2 is 1.67 bits per heavy atom. The largest absolute Gasteiger partial charge is 0.478 e. The zero-order valence-corrected chi connectivity index (χ0v) is 17.1. The summed E-state index contributed by atoms with van der Waals surface area (Å²) >= 11 is 0. The molecule has 0 spiro atoms. The molecule has 0 bridgehead atoms. The molecule has 158 valence electrons. The molecule has 0 unspecified atom stereocenters. The Hall–Kier alpha value is -3.39. The Balaban J connectivity index is 1.59. The lowest BCUT2D eigenvalue weighted by molar-refractivity contribution is -0.117. The maximum absolute atomic E-state index is 12.3. The van der Waals surface area contributed by atoms with Crippen LogP contribution in [0.25, 0.3) is 0 Å². The number of hydrogen-bond acceptors (Lipinski definition) is 5. The summed E-state index contributed by atoms with van der Waals surface area (Å²) < 4.78 is 0. The molecule has 1 heterocycles. The van der Waals surface area contributed by atoms with Crippen molar-refractivity contribution in [1.82, 2.24) is 4.90 Å². The van der Waals surface area contributed by atoms with Crippen molar-refractivity contribution in [2.45, 2.75) is 13.8 Å². The van der Waals surface area contributed by atoms with Gasteiger partial charge in [-0.2, -0.15) is 0 Å². The summed E-state index contributed by atoms with van der Waals surface area (Å²) in [7, 11) is 0. The molecule has 0 aliphatic carbocycles. The lowest BCUT2D eigenvalue weighted by Gasteiger charge is -2.36. The number of rotatable bonds is 6. The third kappa shape index (κ3) is 5.57. The van der Waals surface area contributed by atoms with E-state index >= 15 is 0 Å².